The molecule has 0 saturated carbocycles. The van der Waals surface area contributed by atoms with Gasteiger partial charge < -0.3 is 15.4 Å². The first-order valence-electron chi connectivity index (χ1n) is 8.58. The van der Waals surface area contributed by atoms with E-state index in [0.29, 0.717) is 37.8 Å². The molecule has 0 spiro atoms. The third kappa shape index (κ3) is 7.53. The topological polar surface area (TPSA) is 79.8 Å². The molecule has 1 atom stereocenters. The van der Waals surface area contributed by atoms with Crippen LogP contribution in [0.25, 0.3) is 0 Å². The van der Waals surface area contributed by atoms with Crippen LogP contribution in [0.15, 0.2) is 41.9 Å². The number of hydrogen-bond donors (Lipinski definition) is 2. The molecule has 1 aromatic rings. The molecule has 8 heteroatoms. The Balaban J connectivity index is 0.00000338. The first kappa shape index (κ1) is 22.8. The summed E-state index contributed by atoms with van der Waals surface area (Å²) in [6, 6.07) is 7.78. The number of nitrogens with one attached hydrogen (secondary N) is 2. The zero-order valence-electron chi connectivity index (χ0n) is 15.1. The van der Waals surface area contributed by atoms with E-state index in [1.807, 2.05) is 31.2 Å². The van der Waals surface area contributed by atoms with Crippen molar-refractivity contribution in [2.75, 3.05) is 31.2 Å². The molecule has 0 bridgehead atoms. The molecule has 1 heterocycles. The van der Waals surface area contributed by atoms with Gasteiger partial charge in [0.25, 0.3) is 0 Å². The fourth-order valence-corrected chi connectivity index (χ4v) is 4.57. The van der Waals surface area contributed by atoms with Gasteiger partial charge in [-0.2, -0.15) is 0 Å². The largest absolute Gasteiger partial charge is 0.489 e. The van der Waals surface area contributed by atoms with Gasteiger partial charge in [0.15, 0.2) is 15.8 Å². The molecule has 1 fully saturated rings. The summed E-state index contributed by atoms with van der Waals surface area (Å²) < 4.78 is 28.8. The first-order valence-corrected chi connectivity index (χ1v) is 10.4. The van der Waals surface area contributed by atoms with E-state index < -0.39 is 9.84 Å². The minimum atomic E-state index is -2.85. The molecule has 1 aliphatic rings. The summed E-state index contributed by atoms with van der Waals surface area (Å²) in [6.07, 6.45) is 2.42. The Morgan fingerprint density at radius 2 is 2.15 bits per heavy atom. The van der Waals surface area contributed by atoms with Gasteiger partial charge in [0.2, 0.25) is 0 Å². The number of rotatable bonds is 8. The van der Waals surface area contributed by atoms with Crippen LogP contribution in [0.5, 0.6) is 5.75 Å². The molecule has 0 radical (unpaired) electrons. The highest BCUT2D eigenvalue weighted by Gasteiger charge is 2.27. The fraction of sp³-hybridized carbons (Fsp3) is 0.500. The molecule has 1 aliphatic heterocycles. The molecule has 6 nitrogen and oxygen atoms in total. The molecule has 0 amide bonds. The predicted molar refractivity (Wildman–Crippen MR) is 117 cm³/mol. The van der Waals surface area contributed by atoms with Gasteiger partial charge in [-0.15, -0.1) is 24.0 Å². The van der Waals surface area contributed by atoms with Gasteiger partial charge in [-0.1, -0.05) is 30.9 Å². The number of sulfone groups is 1. The third-order valence-electron chi connectivity index (χ3n) is 3.97. The number of nitrogens with zero attached hydrogens (tertiary/aromatic N) is 1. The van der Waals surface area contributed by atoms with Crippen LogP contribution in [0, 0.1) is 5.92 Å². The first-order chi connectivity index (χ1) is 12.0. The molecule has 2 N–H and O–H groups in total. The summed E-state index contributed by atoms with van der Waals surface area (Å²) in [4.78, 5) is 4.59. The van der Waals surface area contributed by atoms with Crippen LogP contribution in [0.4, 0.5) is 0 Å². The Labute approximate surface area is 173 Å². The summed E-state index contributed by atoms with van der Waals surface area (Å²) in [6.45, 7) is 7.94. The third-order valence-corrected chi connectivity index (χ3v) is 5.80. The van der Waals surface area contributed by atoms with Crippen molar-refractivity contribution in [2.24, 2.45) is 10.9 Å². The fourth-order valence-electron chi connectivity index (χ4n) is 2.70. The minimum absolute atomic E-state index is 0. The van der Waals surface area contributed by atoms with Crippen LogP contribution in [0.2, 0.25) is 0 Å². The zero-order valence-corrected chi connectivity index (χ0v) is 18.3. The molecule has 1 saturated heterocycles. The monoisotopic (exact) mass is 493 g/mol. The lowest BCUT2D eigenvalue weighted by molar-refractivity contribution is 0.359. The molecule has 1 unspecified atom stereocenters. The van der Waals surface area contributed by atoms with E-state index in [1.165, 1.54) is 0 Å². The van der Waals surface area contributed by atoms with Gasteiger partial charge >= 0.3 is 0 Å². The lowest BCUT2D eigenvalue weighted by Gasteiger charge is -2.15. The molecule has 0 aromatic heterocycles. The van der Waals surface area contributed by atoms with Crippen molar-refractivity contribution < 1.29 is 13.2 Å². The van der Waals surface area contributed by atoms with Gasteiger partial charge in [0.05, 0.1) is 18.1 Å². The highest BCUT2D eigenvalue weighted by molar-refractivity contribution is 14.0. The standard InChI is InChI=1S/C18H27N3O3S.HI/c1-3-10-24-17-8-6-5-7-16(17)13-21-18(19-4-2)20-12-15-9-11-25(22,23)14-15;/h3,5-8,15H,1,4,9-14H2,2H3,(H2,19,20,21);1H. The van der Waals surface area contributed by atoms with Crippen LogP contribution >= 0.6 is 24.0 Å². The van der Waals surface area contributed by atoms with Gasteiger partial charge in [0, 0.05) is 18.7 Å². The van der Waals surface area contributed by atoms with Crippen molar-refractivity contribution in [3.8, 4) is 5.75 Å². The molecule has 26 heavy (non-hydrogen) atoms. The summed E-state index contributed by atoms with van der Waals surface area (Å²) >= 11 is 0. The summed E-state index contributed by atoms with van der Waals surface area (Å²) in [5, 5.41) is 6.44. The molecule has 2 rings (SSSR count). The highest BCUT2D eigenvalue weighted by atomic mass is 127. The highest BCUT2D eigenvalue weighted by Crippen LogP contribution is 2.19. The normalized spacial score (nSPS) is 18.7. The van der Waals surface area contributed by atoms with Gasteiger partial charge in [0.1, 0.15) is 12.4 Å². The van der Waals surface area contributed by atoms with Gasteiger partial charge in [-0.3, -0.25) is 0 Å². The lowest BCUT2D eigenvalue weighted by atomic mass is 10.1. The van der Waals surface area contributed by atoms with Crippen molar-refractivity contribution in [2.45, 2.75) is 19.9 Å². The van der Waals surface area contributed by atoms with E-state index >= 15 is 0 Å². The average molecular weight is 493 g/mol. The van der Waals surface area contributed by atoms with E-state index in [1.54, 1.807) is 6.08 Å². The molecular weight excluding hydrogens is 465 g/mol. The van der Waals surface area contributed by atoms with E-state index in [0.717, 1.165) is 17.9 Å². The Hall–Kier alpha value is -1.29. The number of benzene rings is 1. The SMILES string of the molecule is C=CCOc1ccccc1CN=C(NCC)NCC1CCS(=O)(=O)C1.I. The van der Waals surface area contributed by atoms with Crippen LogP contribution in [-0.2, 0) is 16.4 Å². The van der Waals surface area contributed by atoms with Crippen LogP contribution in [0.1, 0.15) is 18.9 Å². The summed E-state index contributed by atoms with van der Waals surface area (Å²) in [5.74, 6) is 2.19. The maximum Gasteiger partial charge on any atom is 0.191 e. The van der Waals surface area contributed by atoms with Crippen LogP contribution in [-0.4, -0.2) is 45.6 Å². The smallest absolute Gasteiger partial charge is 0.191 e. The maximum absolute atomic E-state index is 11.6. The quantitative estimate of drug-likeness (QED) is 0.252. The van der Waals surface area contributed by atoms with E-state index in [2.05, 4.69) is 22.2 Å². The van der Waals surface area contributed by atoms with Gasteiger partial charge in [-0.25, -0.2) is 13.4 Å². The predicted octanol–water partition coefficient (Wildman–Crippen LogP) is 2.36. The Morgan fingerprint density at radius 1 is 1.38 bits per heavy atom. The molecule has 146 valence electrons. The second-order valence-corrected chi connectivity index (χ2v) is 8.28. The van der Waals surface area contributed by atoms with Crippen molar-refractivity contribution in [3.63, 3.8) is 0 Å². The number of halogens is 1. The maximum atomic E-state index is 11.6. The van der Waals surface area contributed by atoms with E-state index in [-0.39, 0.29) is 35.6 Å². The number of para-hydroxylation sites is 1. The van der Waals surface area contributed by atoms with Crippen molar-refractivity contribution in [3.05, 3.63) is 42.5 Å². The number of hydrogen-bond acceptors (Lipinski definition) is 4. The summed E-state index contributed by atoms with van der Waals surface area (Å²) in [7, 11) is -2.85. The van der Waals surface area contributed by atoms with Crippen LogP contribution in [0.3, 0.4) is 0 Å². The van der Waals surface area contributed by atoms with Crippen molar-refractivity contribution in [1.29, 1.82) is 0 Å². The minimum Gasteiger partial charge on any atom is -0.489 e. The number of guanidine groups is 1. The second-order valence-electron chi connectivity index (χ2n) is 6.05. The molecule has 0 aliphatic carbocycles. The number of ether oxygens (including phenoxy) is 1. The molecular formula is C18H28IN3O3S. The zero-order chi connectivity index (χ0) is 18.1. The Bertz CT molecular complexity index is 707. The van der Waals surface area contributed by atoms with Crippen molar-refractivity contribution in [1.82, 2.24) is 10.6 Å². The van der Waals surface area contributed by atoms with Gasteiger partial charge in [-0.05, 0) is 25.3 Å². The van der Waals surface area contributed by atoms with Crippen molar-refractivity contribution >= 4 is 39.8 Å². The molecule has 1 aromatic carbocycles. The van der Waals surface area contributed by atoms with Crippen LogP contribution < -0.4 is 15.4 Å². The lowest BCUT2D eigenvalue weighted by Crippen LogP contribution is -2.40. The number of aliphatic imine (C=N–C) groups is 1. The Kier molecular flexibility index (Phi) is 10.0. The summed E-state index contributed by atoms with van der Waals surface area (Å²) in [5.41, 5.74) is 0.991. The average Bonchev–Trinajstić information content (AvgIpc) is 2.95. The van der Waals surface area contributed by atoms with E-state index in [9.17, 15) is 8.42 Å². The second kappa shape index (κ2) is 11.4. The van der Waals surface area contributed by atoms with E-state index in [4.69, 9.17) is 4.74 Å². The Morgan fingerprint density at radius 3 is 2.81 bits per heavy atom.